The Balaban J connectivity index is 0.00000176. The summed E-state index contributed by atoms with van der Waals surface area (Å²) in [5, 5.41) is 8.08. The number of hydrogen-bond acceptors (Lipinski definition) is 4. The maximum Gasteiger partial charge on any atom is 0.0638 e. The molecule has 3 rings (SSSR count). The van der Waals surface area contributed by atoms with E-state index in [0.29, 0.717) is 6.04 Å². The predicted octanol–water partition coefficient (Wildman–Crippen LogP) is 1.67. The van der Waals surface area contributed by atoms with Crippen LogP contribution in [0, 0.1) is 6.92 Å². The minimum Gasteiger partial charge on any atom is -0.314 e. The van der Waals surface area contributed by atoms with Crippen molar-refractivity contribution in [3.63, 3.8) is 0 Å². The van der Waals surface area contributed by atoms with Crippen molar-refractivity contribution in [2.75, 3.05) is 39.3 Å². The third-order valence-electron chi connectivity index (χ3n) is 4.86. The highest BCUT2D eigenvalue weighted by atomic mass is 35.5. The molecule has 6 heteroatoms. The van der Waals surface area contributed by atoms with Crippen molar-refractivity contribution in [1.29, 1.82) is 0 Å². The molecule has 1 atom stereocenters. The van der Waals surface area contributed by atoms with E-state index in [4.69, 9.17) is 0 Å². The normalized spacial score (nSPS) is 23.9. The maximum atomic E-state index is 4.63. The number of nitrogens with zero attached hydrogens (tertiary/aromatic N) is 4. The number of halogens is 1. The largest absolute Gasteiger partial charge is 0.314 e. The molecule has 0 aliphatic carbocycles. The Kier molecular flexibility index (Phi) is 6.26. The van der Waals surface area contributed by atoms with Crippen molar-refractivity contribution in [1.82, 2.24) is 24.9 Å². The van der Waals surface area contributed by atoms with Gasteiger partial charge in [-0.25, -0.2) is 0 Å². The van der Waals surface area contributed by atoms with Crippen LogP contribution in [0.3, 0.4) is 0 Å². The molecule has 3 heterocycles. The van der Waals surface area contributed by atoms with Gasteiger partial charge in [0.15, 0.2) is 0 Å². The second-order valence-electron chi connectivity index (χ2n) is 6.78. The fourth-order valence-corrected chi connectivity index (χ4v) is 3.48. The SMILES string of the molecule is Cc1nn(C(C)C)cc1CN1CCC(N2CCNCC2)C1.Cl. The number of hydrogen-bond donors (Lipinski definition) is 1. The summed E-state index contributed by atoms with van der Waals surface area (Å²) in [5.41, 5.74) is 2.58. The summed E-state index contributed by atoms with van der Waals surface area (Å²) in [7, 11) is 0. The molecule has 0 spiro atoms. The molecule has 1 aromatic heterocycles. The zero-order valence-corrected chi connectivity index (χ0v) is 14.9. The second kappa shape index (κ2) is 7.77. The van der Waals surface area contributed by atoms with Gasteiger partial charge in [-0.3, -0.25) is 14.5 Å². The van der Waals surface area contributed by atoms with E-state index in [1.54, 1.807) is 0 Å². The molecule has 0 amide bonds. The van der Waals surface area contributed by atoms with Crippen molar-refractivity contribution in [3.8, 4) is 0 Å². The molecule has 0 radical (unpaired) electrons. The van der Waals surface area contributed by atoms with Gasteiger partial charge in [0.2, 0.25) is 0 Å². The molecule has 0 bridgehead atoms. The average Bonchev–Trinajstić information content (AvgIpc) is 3.08. The molecule has 1 N–H and O–H groups in total. The van der Waals surface area contributed by atoms with Crippen molar-refractivity contribution in [3.05, 3.63) is 17.5 Å². The lowest BCUT2D eigenvalue weighted by Gasteiger charge is -2.32. The molecular formula is C16H30ClN5. The highest BCUT2D eigenvalue weighted by Crippen LogP contribution is 2.20. The van der Waals surface area contributed by atoms with Gasteiger partial charge in [-0.2, -0.15) is 5.10 Å². The average molecular weight is 328 g/mol. The topological polar surface area (TPSA) is 36.3 Å². The number of aromatic nitrogens is 2. The van der Waals surface area contributed by atoms with Crippen LogP contribution in [0.15, 0.2) is 6.20 Å². The molecule has 0 saturated carbocycles. The summed E-state index contributed by atoms with van der Waals surface area (Å²) < 4.78 is 2.09. The molecule has 2 fully saturated rings. The first-order valence-corrected chi connectivity index (χ1v) is 8.35. The minimum absolute atomic E-state index is 0. The van der Waals surface area contributed by atoms with Gasteiger partial charge in [0, 0.05) is 69.7 Å². The molecule has 126 valence electrons. The van der Waals surface area contributed by atoms with Gasteiger partial charge in [0.1, 0.15) is 0 Å². The van der Waals surface area contributed by atoms with Gasteiger partial charge in [-0.05, 0) is 27.2 Å². The van der Waals surface area contributed by atoms with Crippen LogP contribution in [0.25, 0.3) is 0 Å². The number of nitrogens with one attached hydrogen (secondary N) is 1. The lowest BCUT2D eigenvalue weighted by Crippen LogP contribution is -2.49. The van der Waals surface area contributed by atoms with Crippen LogP contribution >= 0.6 is 12.4 Å². The summed E-state index contributed by atoms with van der Waals surface area (Å²) in [6.07, 6.45) is 3.55. The maximum absolute atomic E-state index is 4.63. The Hall–Kier alpha value is -0.620. The number of likely N-dealkylation sites (tertiary alicyclic amines) is 1. The molecule has 22 heavy (non-hydrogen) atoms. The summed E-state index contributed by atoms with van der Waals surface area (Å²) in [6.45, 7) is 14.7. The van der Waals surface area contributed by atoms with Crippen LogP contribution < -0.4 is 5.32 Å². The van der Waals surface area contributed by atoms with E-state index in [9.17, 15) is 0 Å². The van der Waals surface area contributed by atoms with E-state index in [0.717, 1.165) is 25.7 Å². The molecule has 2 saturated heterocycles. The lowest BCUT2D eigenvalue weighted by molar-refractivity contribution is 0.170. The first-order valence-electron chi connectivity index (χ1n) is 8.35. The second-order valence-corrected chi connectivity index (χ2v) is 6.78. The fraction of sp³-hybridized carbons (Fsp3) is 0.812. The number of rotatable bonds is 4. The van der Waals surface area contributed by atoms with Crippen LogP contribution in [0.5, 0.6) is 0 Å². The Labute approximate surface area is 140 Å². The molecular weight excluding hydrogens is 298 g/mol. The van der Waals surface area contributed by atoms with Crippen LogP contribution in [0.1, 0.15) is 37.6 Å². The zero-order valence-electron chi connectivity index (χ0n) is 14.1. The van der Waals surface area contributed by atoms with Crippen LogP contribution in [0.2, 0.25) is 0 Å². The molecule has 0 aromatic carbocycles. The van der Waals surface area contributed by atoms with Gasteiger partial charge in [-0.15, -0.1) is 12.4 Å². The summed E-state index contributed by atoms with van der Waals surface area (Å²) in [4.78, 5) is 5.27. The molecule has 2 aliphatic rings. The lowest BCUT2D eigenvalue weighted by atomic mass is 10.2. The Morgan fingerprint density at radius 2 is 2.00 bits per heavy atom. The summed E-state index contributed by atoms with van der Waals surface area (Å²) in [5.74, 6) is 0. The molecule has 5 nitrogen and oxygen atoms in total. The van der Waals surface area contributed by atoms with Crippen molar-refractivity contribution in [2.45, 2.75) is 45.8 Å². The number of piperazine rings is 1. The molecule has 2 aliphatic heterocycles. The minimum atomic E-state index is 0. The first kappa shape index (κ1) is 17.7. The fourth-order valence-electron chi connectivity index (χ4n) is 3.48. The Bertz CT molecular complexity index is 467. The Morgan fingerprint density at radius 3 is 2.64 bits per heavy atom. The van der Waals surface area contributed by atoms with E-state index in [2.05, 4.69) is 51.9 Å². The van der Waals surface area contributed by atoms with Crippen LogP contribution in [-0.2, 0) is 6.54 Å². The highest BCUT2D eigenvalue weighted by molar-refractivity contribution is 5.85. The van der Waals surface area contributed by atoms with Gasteiger partial charge < -0.3 is 5.32 Å². The van der Waals surface area contributed by atoms with E-state index in [1.165, 1.54) is 43.9 Å². The standard InChI is InChI=1S/C16H29N5.ClH/c1-13(2)21-11-15(14(3)18-21)10-19-7-4-16(12-19)20-8-5-17-6-9-20;/h11,13,16-17H,4-10,12H2,1-3H3;1H. The highest BCUT2D eigenvalue weighted by Gasteiger charge is 2.28. The van der Waals surface area contributed by atoms with Gasteiger partial charge in [-0.1, -0.05) is 0 Å². The summed E-state index contributed by atoms with van der Waals surface area (Å²) in [6, 6.07) is 1.21. The van der Waals surface area contributed by atoms with Crippen LogP contribution in [0.4, 0.5) is 0 Å². The van der Waals surface area contributed by atoms with Gasteiger partial charge in [0.05, 0.1) is 5.69 Å². The smallest absolute Gasteiger partial charge is 0.0638 e. The van der Waals surface area contributed by atoms with Crippen molar-refractivity contribution >= 4 is 12.4 Å². The van der Waals surface area contributed by atoms with Crippen molar-refractivity contribution in [2.24, 2.45) is 0 Å². The van der Waals surface area contributed by atoms with E-state index < -0.39 is 0 Å². The first-order chi connectivity index (χ1) is 10.1. The Morgan fingerprint density at radius 1 is 1.27 bits per heavy atom. The zero-order chi connectivity index (χ0) is 14.8. The predicted molar refractivity (Wildman–Crippen MR) is 92.7 cm³/mol. The summed E-state index contributed by atoms with van der Waals surface area (Å²) >= 11 is 0. The third kappa shape index (κ3) is 4.02. The van der Waals surface area contributed by atoms with Gasteiger partial charge in [0.25, 0.3) is 0 Å². The van der Waals surface area contributed by atoms with E-state index >= 15 is 0 Å². The van der Waals surface area contributed by atoms with E-state index in [-0.39, 0.29) is 12.4 Å². The van der Waals surface area contributed by atoms with Gasteiger partial charge >= 0.3 is 0 Å². The third-order valence-corrected chi connectivity index (χ3v) is 4.86. The quantitative estimate of drug-likeness (QED) is 0.912. The molecule has 1 unspecified atom stereocenters. The number of aryl methyl sites for hydroxylation is 1. The van der Waals surface area contributed by atoms with E-state index in [1.807, 2.05) is 0 Å². The molecule has 1 aromatic rings. The monoisotopic (exact) mass is 327 g/mol. The van der Waals surface area contributed by atoms with Crippen LogP contribution in [-0.4, -0.2) is 64.9 Å². The van der Waals surface area contributed by atoms with Crippen molar-refractivity contribution < 1.29 is 0 Å².